The lowest BCUT2D eigenvalue weighted by Gasteiger charge is -2.45. The van der Waals surface area contributed by atoms with Crippen LogP contribution >= 0.6 is 0 Å². The van der Waals surface area contributed by atoms with Gasteiger partial charge >= 0.3 is 6.18 Å². The molecule has 0 amide bonds. The number of alkyl halides is 3. The standard InChI is InChI=1S/C14H17F3N2O/c15-14(16,17)12-11(5-2-6-18-12)13(20)7-9-3-1-4-10(8-13)19-9/h2,5-6,9-10,19-20H,1,3-4,7-8H2. The number of rotatable bonds is 1. The normalized spacial score (nSPS) is 34.0. The minimum absolute atomic E-state index is 0.0779. The van der Waals surface area contributed by atoms with E-state index in [1.807, 2.05) is 0 Å². The van der Waals surface area contributed by atoms with Crippen molar-refractivity contribution in [1.29, 1.82) is 0 Å². The minimum atomic E-state index is -4.54. The first kappa shape index (κ1) is 13.8. The van der Waals surface area contributed by atoms with E-state index >= 15 is 0 Å². The summed E-state index contributed by atoms with van der Waals surface area (Å²) in [7, 11) is 0. The average molecular weight is 286 g/mol. The SMILES string of the molecule is OC1(c2cccnc2C(F)(F)F)CC2CCCC(C1)N2. The summed E-state index contributed by atoms with van der Waals surface area (Å²) in [6, 6.07) is 3.00. The molecule has 0 radical (unpaired) electrons. The highest BCUT2D eigenvalue weighted by atomic mass is 19.4. The molecule has 0 aromatic carbocycles. The van der Waals surface area contributed by atoms with E-state index in [1.165, 1.54) is 12.1 Å². The van der Waals surface area contributed by atoms with Crippen molar-refractivity contribution in [3.63, 3.8) is 0 Å². The molecule has 110 valence electrons. The van der Waals surface area contributed by atoms with Crippen molar-refractivity contribution in [3.05, 3.63) is 29.6 Å². The van der Waals surface area contributed by atoms with E-state index < -0.39 is 17.5 Å². The smallest absolute Gasteiger partial charge is 0.385 e. The van der Waals surface area contributed by atoms with Crippen LogP contribution in [0.4, 0.5) is 13.2 Å². The van der Waals surface area contributed by atoms with E-state index in [-0.39, 0.29) is 17.6 Å². The van der Waals surface area contributed by atoms with Gasteiger partial charge in [-0.25, -0.2) is 0 Å². The Balaban J connectivity index is 2.00. The van der Waals surface area contributed by atoms with Gasteiger partial charge in [0.1, 0.15) is 5.69 Å². The van der Waals surface area contributed by atoms with Crippen LogP contribution in [-0.4, -0.2) is 22.2 Å². The molecule has 0 spiro atoms. The Labute approximate surface area is 115 Å². The van der Waals surface area contributed by atoms with Gasteiger partial charge in [-0.2, -0.15) is 13.2 Å². The lowest BCUT2D eigenvalue weighted by Crippen LogP contribution is -2.54. The number of nitrogens with one attached hydrogen (secondary N) is 1. The molecule has 0 aliphatic carbocycles. The molecular weight excluding hydrogens is 269 g/mol. The van der Waals surface area contributed by atoms with Gasteiger partial charge in [0.25, 0.3) is 0 Å². The summed E-state index contributed by atoms with van der Waals surface area (Å²) in [5.41, 5.74) is -2.46. The zero-order valence-corrected chi connectivity index (χ0v) is 11.0. The van der Waals surface area contributed by atoms with Gasteiger partial charge in [-0.1, -0.05) is 12.5 Å². The van der Waals surface area contributed by atoms with Crippen molar-refractivity contribution in [2.75, 3.05) is 0 Å². The first-order valence-electron chi connectivity index (χ1n) is 6.90. The zero-order valence-electron chi connectivity index (χ0n) is 11.0. The Morgan fingerprint density at radius 3 is 2.50 bits per heavy atom. The van der Waals surface area contributed by atoms with Gasteiger partial charge in [0.2, 0.25) is 0 Å². The maximum absolute atomic E-state index is 13.1. The molecule has 2 fully saturated rings. The number of hydrogen-bond donors (Lipinski definition) is 2. The molecule has 3 nitrogen and oxygen atoms in total. The number of halogens is 3. The maximum Gasteiger partial charge on any atom is 0.433 e. The van der Waals surface area contributed by atoms with Crippen LogP contribution < -0.4 is 5.32 Å². The molecule has 2 N–H and O–H groups in total. The highest BCUT2D eigenvalue weighted by molar-refractivity contribution is 5.30. The Bertz CT molecular complexity index is 491. The van der Waals surface area contributed by atoms with Crippen molar-refractivity contribution in [2.45, 2.75) is 56.0 Å². The largest absolute Gasteiger partial charge is 0.433 e. The average Bonchev–Trinajstić information content (AvgIpc) is 2.37. The number of nitrogens with zero attached hydrogens (tertiary/aromatic N) is 1. The second kappa shape index (κ2) is 4.70. The molecule has 3 rings (SSSR count). The second-order valence-electron chi connectivity index (χ2n) is 5.83. The van der Waals surface area contributed by atoms with Gasteiger partial charge < -0.3 is 10.4 Å². The van der Waals surface area contributed by atoms with Gasteiger partial charge in [0, 0.05) is 23.8 Å². The number of aliphatic hydroxyl groups is 1. The van der Waals surface area contributed by atoms with Crippen molar-refractivity contribution < 1.29 is 18.3 Å². The van der Waals surface area contributed by atoms with Gasteiger partial charge in [-0.05, 0) is 31.7 Å². The van der Waals surface area contributed by atoms with Crippen LogP contribution in [0.5, 0.6) is 0 Å². The lowest BCUT2D eigenvalue weighted by atomic mass is 9.73. The second-order valence-corrected chi connectivity index (χ2v) is 5.83. The predicted molar refractivity (Wildman–Crippen MR) is 66.9 cm³/mol. The summed E-state index contributed by atoms with van der Waals surface area (Å²) in [5, 5.41) is 14.2. The van der Waals surface area contributed by atoms with E-state index in [1.54, 1.807) is 0 Å². The zero-order chi connectivity index (χ0) is 14.4. The fourth-order valence-corrected chi connectivity index (χ4v) is 3.56. The topological polar surface area (TPSA) is 45.2 Å². The molecule has 20 heavy (non-hydrogen) atoms. The summed E-state index contributed by atoms with van der Waals surface area (Å²) in [6.07, 6.45) is 0.0961. The maximum atomic E-state index is 13.1. The molecule has 2 saturated heterocycles. The Kier molecular flexibility index (Phi) is 3.25. The molecule has 2 unspecified atom stereocenters. The van der Waals surface area contributed by atoms with Crippen LogP contribution in [0, 0.1) is 0 Å². The van der Waals surface area contributed by atoms with Crippen LogP contribution in [0.3, 0.4) is 0 Å². The van der Waals surface area contributed by atoms with Crippen LogP contribution in [0.2, 0.25) is 0 Å². The van der Waals surface area contributed by atoms with Crippen LogP contribution in [-0.2, 0) is 11.8 Å². The molecule has 3 heterocycles. The van der Waals surface area contributed by atoms with E-state index in [0.717, 1.165) is 25.5 Å². The van der Waals surface area contributed by atoms with E-state index in [2.05, 4.69) is 10.3 Å². The summed E-state index contributed by atoms with van der Waals surface area (Å²) in [6.45, 7) is 0. The van der Waals surface area contributed by atoms with Gasteiger partial charge in [-0.3, -0.25) is 4.98 Å². The van der Waals surface area contributed by atoms with Crippen molar-refractivity contribution >= 4 is 0 Å². The molecule has 0 saturated carbocycles. The third-order valence-corrected chi connectivity index (χ3v) is 4.32. The van der Waals surface area contributed by atoms with E-state index in [4.69, 9.17) is 0 Å². The fraction of sp³-hybridized carbons (Fsp3) is 0.643. The number of hydrogen-bond acceptors (Lipinski definition) is 3. The molecule has 1 aromatic rings. The minimum Gasteiger partial charge on any atom is -0.385 e. The quantitative estimate of drug-likeness (QED) is 0.834. The molecule has 1 aromatic heterocycles. The number of aromatic nitrogens is 1. The van der Waals surface area contributed by atoms with Crippen molar-refractivity contribution in [1.82, 2.24) is 10.3 Å². The molecule has 2 aliphatic heterocycles. The first-order valence-corrected chi connectivity index (χ1v) is 6.90. The predicted octanol–water partition coefficient (Wildman–Crippen LogP) is 2.59. The molecule has 2 atom stereocenters. The Morgan fingerprint density at radius 2 is 1.90 bits per heavy atom. The van der Waals surface area contributed by atoms with E-state index in [9.17, 15) is 18.3 Å². The summed E-state index contributed by atoms with van der Waals surface area (Å²) in [5.74, 6) is 0. The molecular formula is C14H17F3N2O. The monoisotopic (exact) mass is 286 g/mol. The highest BCUT2D eigenvalue weighted by Crippen LogP contribution is 2.43. The van der Waals surface area contributed by atoms with E-state index in [0.29, 0.717) is 12.8 Å². The lowest BCUT2D eigenvalue weighted by molar-refractivity contribution is -0.146. The molecule has 2 bridgehead atoms. The summed E-state index contributed by atoms with van der Waals surface area (Å²) < 4.78 is 39.2. The Morgan fingerprint density at radius 1 is 1.25 bits per heavy atom. The third kappa shape index (κ3) is 2.42. The summed E-state index contributed by atoms with van der Waals surface area (Å²) in [4.78, 5) is 3.46. The van der Waals surface area contributed by atoms with Crippen molar-refractivity contribution in [2.24, 2.45) is 0 Å². The van der Waals surface area contributed by atoms with Crippen molar-refractivity contribution in [3.8, 4) is 0 Å². The number of fused-ring (bicyclic) bond motifs is 2. The number of piperidine rings is 2. The van der Waals surface area contributed by atoms with Gasteiger partial charge in [0.05, 0.1) is 5.60 Å². The first-order chi connectivity index (χ1) is 9.38. The van der Waals surface area contributed by atoms with Crippen LogP contribution in [0.15, 0.2) is 18.3 Å². The Hall–Kier alpha value is -1.14. The van der Waals surface area contributed by atoms with Gasteiger partial charge in [0.15, 0.2) is 0 Å². The summed E-state index contributed by atoms with van der Waals surface area (Å²) >= 11 is 0. The highest BCUT2D eigenvalue weighted by Gasteiger charge is 2.47. The third-order valence-electron chi connectivity index (χ3n) is 4.32. The van der Waals surface area contributed by atoms with Gasteiger partial charge in [-0.15, -0.1) is 0 Å². The molecule has 6 heteroatoms. The number of pyridine rings is 1. The van der Waals surface area contributed by atoms with Crippen LogP contribution in [0.25, 0.3) is 0 Å². The fourth-order valence-electron chi connectivity index (χ4n) is 3.56. The molecule has 2 aliphatic rings. The van der Waals surface area contributed by atoms with Crippen LogP contribution in [0.1, 0.15) is 43.4 Å².